The van der Waals surface area contributed by atoms with E-state index in [1.807, 2.05) is 12.1 Å². The molecule has 2 rings (SSSR count). The Morgan fingerprint density at radius 3 is 3.00 bits per heavy atom. The number of hydrogen-bond acceptors (Lipinski definition) is 1. The van der Waals surface area contributed by atoms with Crippen LogP contribution in [0.5, 0.6) is 0 Å². The summed E-state index contributed by atoms with van der Waals surface area (Å²) in [4.78, 5) is 0. The summed E-state index contributed by atoms with van der Waals surface area (Å²) in [5, 5.41) is 4.26. The Kier molecular flexibility index (Phi) is 2.80. The fourth-order valence-electron chi connectivity index (χ4n) is 2.16. The van der Waals surface area contributed by atoms with Crippen LogP contribution < -0.4 is 5.32 Å². The van der Waals surface area contributed by atoms with E-state index >= 15 is 0 Å². The maximum absolute atomic E-state index is 5.96. The minimum Gasteiger partial charge on any atom is -0.316 e. The largest absolute Gasteiger partial charge is 0.316 e. The van der Waals surface area contributed by atoms with Crippen LogP contribution in [0.25, 0.3) is 0 Å². The van der Waals surface area contributed by atoms with Gasteiger partial charge < -0.3 is 5.32 Å². The predicted octanol–water partition coefficient (Wildman–Crippen LogP) is 2.88. The monoisotopic (exact) mass is 209 g/mol. The zero-order valence-electron chi connectivity index (χ0n) is 8.52. The van der Waals surface area contributed by atoms with Crippen LogP contribution in [0.3, 0.4) is 0 Å². The average molecular weight is 210 g/mol. The van der Waals surface area contributed by atoms with Gasteiger partial charge in [-0.2, -0.15) is 0 Å². The van der Waals surface area contributed by atoms with Gasteiger partial charge in [-0.1, -0.05) is 30.7 Å². The molecule has 1 aromatic carbocycles. The molecule has 1 N–H and O–H groups in total. The highest BCUT2D eigenvalue weighted by molar-refractivity contribution is 6.30. The lowest BCUT2D eigenvalue weighted by atomic mass is 9.83. The molecule has 14 heavy (non-hydrogen) atoms. The average Bonchev–Trinajstić information content (AvgIpc) is 2.51. The van der Waals surface area contributed by atoms with Gasteiger partial charge in [-0.15, -0.1) is 0 Å². The Morgan fingerprint density at radius 1 is 1.50 bits per heavy atom. The van der Waals surface area contributed by atoms with Crippen LogP contribution in [0.15, 0.2) is 24.3 Å². The minimum absolute atomic E-state index is 0.421. The van der Waals surface area contributed by atoms with Crippen molar-refractivity contribution in [3.63, 3.8) is 0 Å². The van der Waals surface area contributed by atoms with Gasteiger partial charge in [0, 0.05) is 11.6 Å². The first-order valence-electron chi connectivity index (χ1n) is 5.13. The predicted molar refractivity (Wildman–Crippen MR) is 60.7 cm³/mol. The minimum atomic E-state index is 0.421. The van der Waals surface area contributed by atoms with E-state index in [2.05, 4.69) is 24.4 Å². The Balaban J connectivity index is 2.10. The number of hydrogen-bond donors (Lipinski definition) is 1. The first-order chi connectivity index (χ1) is 6.68. The van der Waals surface area contributed by atoms with Gasteiger partial charge in [0.05, 0.1) is 0 Å². The molecule has 0 radical (unpaired) electrons. The van der Waals surface area contributed by atoms with Crippen molar-refractivity contribution in [3.8, 4) is 0 Å². The van der Waals surface area contributed by atoms with Crippen LogP contribution >= 0.6 is 11.6 Å². The molecule has 0 amide bonds. The van der Waals surface area contributed by atoms with Crippen LogP contribution in [0, 0.1) is 5.41 Å². The van der Waals surface area contributed by atoms with Gasteiger partial charge in [0.25, 0.3) is 0 Å². The number of rotatable bonds is 2. The summed E-state index contributed by atoms with van der Waals surface area (Å²) in [6.45, 7) is 4.62. The summed E-state index contributed by atoms with van der Waals surface area (Å²) in [5.41, 5.74) is 1.77. The molecule has 0 bridgehead atoms. The molecule has 1 saturated heterocycles. The second-order valence-corrected chi connectivity index (χ2v) is 4.98. The Labute approximate surface area is 90.5 Å². The van der Waals surface area contributed by atoms with Crippen molar-refractivity contribution < 1.29 is 0 Å². The van der Waals surface area contributed by atoms with Crippen molar-refractivity contribution in [3.05, 3.63) is 34.9 Å². The van der Waals surface area contributed by atoms with Gasteiger partial charge in [-0.3, -0.25) is 0 Å². The van der Waals surface area contributed by atoms with Gasteiger partial charge in [-0.05, 0) is 42.5 Å². The second kappa shape index (κ2) is 3.92. The molecule has 0 aliphatic carbocycles. The van der Waals surface area contributed by atoms with Crippen molar-refractivity contribution in [2.45, 2.75) is 19.8 Å². The zero-order valence-corrected chi connectivity index (χ0v) is 9.27. The topological polar surface area (TPSA) is 12.0 Å². The summed E-state index contributed by atoms with van der Waals surface area (Å²) >= 11 is 5.96. The lowest BCUT2D eigenvalue weighted by Crippen LogP contribution is -2.22. The Morgan fingerprint density at radius 2 is 2.36 bits per heavy atom. The summed E-state index contributed by atoms with van der Waals surface area (Å²) in [6, 6.07) is 8.20. The highest BCUT2D eigenvalue weighted by atomic mass is 35.5. The van der Waals surface area contributed by atoms with Crippen LogP contribution in [0.1, 0.15) is 18.9 Å². The van der Waals surface area contributed by atoms with Crippen LogP contribution in [0.4, 0.5) is 0 Å². The van der Waals surface area contributed by atoms with Crippen molar-refractivity contribution in [1.82, 2.24) is 5.32 Å². The van der Waals surface area contributed by atoms with Crippen LogP contribution in [-0.4, -0.2) is 13.1 Å². The first-order valence-corrected chi connectivity index (χ1v) is 5.51. The third-order valence-electron chi connectivity index (χ3n) is 2.98. The lowest BCUT2D eigenvalue weighted by molar-refractivity contribution is 0.363. The molecule has 2 heteroatoms. The molecule has 0 aromatic heterocycles. The van der Waals surface area contributed by atoms with Crippen LogP contribution in [0.2, 0.25) is 5.02 Å². The Hall–Kier alpha value is -0.530. The molecule has 1 unspecified atom stereocenters. The second-order valence-electron chi connectivity index (χ2n) is 4.54. The van der Waals surface area contributed by atoms with E-state index in [9.17, 15) is 0 Å². The summed E-state index contributed by atoms with van der Waals surface area (Å²) < 4.78 is 0. The summed E-state index contributed by atoms with van der Waals surface area (Å²) in [5.74, 6) is 0. The Bertz CT molecular complexity index is 316. The van der Waals surface area contributed by atoms with Crippen molar-refractivity contribution >= 4 is 11.6 Å². The van der Waals surface area contributed by atoms with Crippen molar-refractivity contribution in [2.24, 2.45) is 5.41 Å². The van der Waals surface area contributed by atoms with E-state index in [0.717, 1.165) is 24.5 Å². The van der Waals surface area contributed by atoms with E-state index in [-0.39, 0.29) is 0 Å². The third-order valence-corrected chi connectivity index (χ3v) is 3.21. The molecule has 1 aromatic rings. The van der Waals surface area contributed by atoms with Gasteiger partial charge in [0.1, 0.15) is 0 Å². The molecule has 1 fully saturated rings. The summed E-state index contributed by atoms with van der Waals surface area (Å²) in [7, 11) is 0. The highest BCUT2D eigenvalue weighted by Gasteiger charge is 2.28. The lowest BCUT2D eigenvalue weighted by Gasteiger charge is -2.22. The molecule has 1 aliphatic rings. The normalized spacial score (nSPS) is 26.7. The SMILES string of the molecule is CC1(Cc2cccc(Cl)c2)CCNC1. The standard InChI is InChI=1S/C12H16ClN/c1-12(5-6-14-9-12)8-10-3-2-4-11(13)7-10/h2-4,7,14H,5-6,8-9H2,1H3. The summed E-state index contributed by atoms with van der Waals surface area (Å²) in [6.07, 6.45) is 2.39. The van der Waals surface area contributed by atoms with E-state index in [4.69, 9.17) is 11.6 Å². The number of benzene rings is 1. The highest BCUT2D eigenvalue weighted by Crippen LogP contribution is 2.29. The fraction of sp³-hybridized carbons (Fsp3) is 0.500. The molecule has 0 spiro atoms. The molecular weight excluding hydrogens is 194 g/mol. The molecule has 1 aliphatic heterocycles. The van der Waals surface area contributed by atoms with Gasteiger partial charge in [-0.25, -0.2) is 0 Å². The van der Waals surface area contributed by atoms with Crippen molar-refractivity contribution in [1.29, 1.82) is 0 Å². The maximum atomic E-state index is 5.96. The molecule has 0 saturated carbocycles. The molecular formula is C12H16ClN. The quantitative estimate of drug-likeness (QED) is 0.790. The number of nitrogens with one attached hydrogen (secondary N) is 1. The smallest absolute Gasteiger partial charge is 0.0408 e. The third kappa shape index (κ3) is 2.28. The van der Waals surface area contributed by atoms with E-state index < -0.39 is 0 Å². The van der Waals surface area contributed by atoms with Gasteiger partial charge in [0.15, 0.2) is 0 Å². The molecule has 1 nitrogen and oxygen atoms in total. The molecule has 76 valence electrons. The molecule has 1 heterocycles. The van der Waals surface area contributed by atoms with E-state index in [0.29, 0.717) is 5.41 Å². The van der Waals surface area contributed by atoms with Gasteiger partial charge >= 0.3 is 0 Å². The van der Waals surface area contributed by atoms with Crippen molar-refractivity contribution in [2.75, 3.05) is 13.1 Å². The number of halogens is 1. The van der Waals surface area contributed by atoms with Crippen LogP contribution in [-0.2, 0) is 6.42 Å². The first kappa shape index (κ1) is 10.0. The van der Waals surface area contributed by atoms with E-state index in [1.165, 1.54) is 12.0 Å². The fourth-order valence-corrected chi connectivity index (χ4v) is 2.37. The van der Waals surface area contributed by atoms with Gasteiger partial charge in [0.2, 0.25) is 0 Å². The van der Waals surface area contributed by atoms with E-state index in [1.54, 1.807) is 0 Å². The zero-order chi connectivity index (χ0) is 10.0. The molecule has 1 atom stereocenters. The maximum Gasteiger partial charge on any atom is 0.0408 e.